The van der Waals surface area contributed by atoms with Crippen LogP contribution < -0.4 is 0 Å². The van der Waals surface area contributed by atoms with E-state index in [1.54, 1.807) is 0 Å². The Labute approximate surface area is 107 Å². The number of hydrogen-bond donors (Lipinski definition) is 3. The molecule has 18 heavy (non-hydrogen) atoms. The number of aliphatic hydroxyl groups excluding tert-OH is 2. The first-order valence-corrected chi connectivity index (χ1v) is 6.23. The van der Waals surface area contributed by atoms with Crippen molar-refractivity contribution < 1.29 is 10.2 Å². The van der Waals surface area contributed by atoms with Gasteiger partial charge in [-0.25, -0.2) is 0 Å². The van der Waals surface area contributed by atoms with Crippen molar-refractivity contribution in [3.05, 3.63) is 36.0 Å². The Morgan fingerprint density at radius 1 is 1.22 bits per heavy atom. The van der Waals surface area contributed by atoms with Gasteiger partial charge in [0.05, 0.1) is 19.3 Å². The van der Waals surface area contributed by atoms with Gasteiger partial charge in [0.25, 0.3) is 0 Å². The van der Waals surface area contributed by atoms with Crippen LogP contribution in [0.3, 0.4) is 0 Å². The van der Waals surface area contributed by atoms with E-state index in [-0.39, 0.29) is 19.3 Å². The number of para-hydroxylation sites is 1. The van der Waals surface area contributed by atoms with Gasteiger partial charge in [0.15, 0.2) is 0 Å². The summed E-state index contributed by atoms with van der Waals surface area (Å²) in [5, 5.41) is 19.5. The van der Waals surface area contributed by atoms with E-state index in [9.17, 15) is 0 Å². The number of rotatable bonds is 6. The number of likely N-dealkylation sites (N-methyl/N-ethyl adjacent to an activating group) is 1. The molecule has 1 aromatic carbocycles. The number of aliphatic hydroxyl groups is 2. The first kappa shape index (κ1) is 13.1. The van der Waals surface area contributed by atoms with Crippen molar-refractivity contribution in [3.8, 4) is 0 Å². The van der Waals surface area contributed by atoms with Crippen LogP contribution in [0.2, 0.25) is 0 Å². The Morgan fingerprint density at radius 3 is 2.67 bits per heavy atom. The van der Waals surface area contributed by atoms with E-state index >= 15 is 0 Å². The third kappa shape index (κ3) is 2.72. The lowest BCUT2D eigenvalue weighted by Gasteiger charge is -2.24. The molecular formula is C14H20N2O2. The van der Waals surface area contributed by atoms with Crippen molar-refractivity contribution in [2.24, 2.45) is 0 Å². The highest BCUT2D eigenvalue weighted by molar-refractivity contribution is 5.83. The topological polar surface area (TPSA) is 59.5 Å². The fourth-order valence-corrected chi connectivity index (χ4v) is 2.15. The molecule has 1 heterocycles. The van der Waals surface area contributed by atoms with E-state index in [1.165, 1.54) is 10.9 Å². The summed E-state index contributed by atoms with van der Waals surface area (Å²) in [4.78, 5) is 5.24. The summed E-state index contributed by atoms with van der Waals surface area (Å²) in [6.45, 7) is 0.787. The summed E-state index contributed by atoms with van der Waals surface area (Å²) < 4.78 is 0. The predicted octanol–water partition coefficient (Wildman–Crippen LogP) is 0.995. The second kappa shape index (κ2) is 6.00. The molecule has 4 nitrogen and oxygen atoms in total. The third-order valence-corrected chi connectivity index (χ3v) is 3.45. The SMILES string of the molecule is CN(CCc1c[nH]c2ccccc12)C(CO)CO. The normalized spacial score (nSPS) is 11.8. The molecule has 0 amide bonds. The highest BCUT2D eigenvalue weighted by Crippen LogP contribution is 2.18. The maximum absolute atomic E-state index is 9.12. The lowest BCUT2D eigenvalue weighted by molar-refractivity contribution is 0.0926. The standard InChI is InChI=1S/C14H20N2O2/c1-16(12(9-17)10-18)7-6-11-8-15-14-5-3-2-4-13(11)14/h2-5,8,12,15,17-18H,6-7,9-10H2,1H3. The fourth-order valence-electron chi connectivity index (χ4n) is 2.15. The van der Waals surface area contributed by atoms with Crippen molar-refractivity contribution in [1.82, 2.24) is 9.88 Å². The molecule has 0 saturated heterocycles. The zero-order valence-corrected chi connectivity index (χ0v) is 10.6. The van der Waals surface area contributed by atoms with Crippen molar-refractivity contribution in [3.63, 3.8) is 0 Å². The van der Waals surface area contributed by atoms with Gasteiger partial charge < -0.3 is 15.2 Å². The minimum atomic E-state index is -0.171. The smallest absolute Gasteiger partial charge is 0.0609 e. The molecule has 0 radical (unpaired) electrons. The zero-order chi connectivity index (χ0) is 13.0. The average molecular weight is 248 g/mol. The van der Waals surface area contributed by atoms with Gasteiger partial charge in [-0.2, -0.15) is 0 Å². The Kier molecular flexibility index (Phi) is 4.36. The number of nitrogens with zero attached hydrogens (tertiary/aromatic N) is 1. The molecule has 2 aromatic rings. The first-order valence-electron chi connectivity index (χ1n) is 6.23. The summed E-state index contributed by atoms with van der Waals surface area (Å²) in [5.74, 6) is 0. The molecule has 98 valence electrons. The highest BCUT2D eigenvalue weighted by Gasteiger charge is 2.12. The Morgan fingerprint density at radius 2 is 1.94 bits per heavy atom. The Balaban J connectivity index is 2.02. The molecule has 0 aliphatic carbocycles. The Hall–Kier alpha value is -1.36. The van der Waals surface area contributed by atoms with Crippen LogP contribution in [0.5, 0.6) is 0 Å². The van der Waals surface area contributed by atoms with Gasteiger partial charge in [-0.15, -0.1) is 0 Å². The van der Waals surface area contributed by atoms with Gasteiger partial charge in [-0.1, -0.05) is 18.2 Å². The third-order valence-electron chi connectivity index (χ3n) is 3.45. The number of nitrogens with one attached hydrogen (secondary N) is 1. The minimum Gasteiger partial charge on any atom is -0.395 e. The highest BCUT2D eigenvalue weighted by atomic mass is 16.3. The first-order chi connectivity index (χ1) is 8.76. The van der Waals surface area contributed by atoms with E-state index in [4.69, 9.17) is 10.2 Å². The second-order valence-corrected chi connectivity index (χ2v) is 4.61. The van der Waals surface area contributed by atoms with Crippen LogP contribution in [0.15, 0.2) is 30.5 Å². The number of aromatic amines is 1. The largest absolute Gasteiger partial charge is 0.395 e. The van der Waals surface area contributed by atoms with Crippen molar-refractivity contribution >= 4 is 10.9 Å². The van der Waals surface area contributed by atoms with Crippen molar-refractivity contribution in [2.45, 2.75) is 12.5 Å². The van der Waals surface area contributed by atoms with Gasteiger partial charge in [0, 0.05) is 23.6 Å². The molecule has 0 saturated carbocycles. The molecule has 1 aromatic heterocycles. The van der Waals surface area contributed by atoms with Gasteiger partial charge in [-0.3, -0.25) is 4.90 Å². The van der Waals surface area contributed by atoms with E-state index < -0.39 is 0 Å². The predicted molar refractivity (Wildman–Crippen MR) is 72.6 cm³/mol. The van der Waals surface area contributed by atoms with Crippen LogP contribution in [-0.4, -0.2) is 52.9 Å². The van der Waals surface area contributed by atoms with Gasteiger partial charge in [0.1, 0.15) is 0 Å². The van der Waals surface area contributed by atoms with Crippen LogP contribution in [0.1, 0.15) is 5.56 Å². The number of aromatic nitrogens is 1. The zero-order valence-electron chi connectivity index (χ0n) is 10.6. The molecule has 3 N–H and O–H groups in total. The number of benzene rings is 1. The monoisotopic (exact) mass is 248 g/mol. The summed E-state index contributed by atoms with van der Waals surface area (Å²) >= 11 is 0. The minimum absolute atomic E-state index is 0.0130. The average Bonchev–Trinajstić information content (AvgIpc) is 2.81. The Bertz CT molecular complexity index is 491. The van der Waals surface area contributed by atoms with E-state index in [0.717, 1.165) is 18.5 Å². The van der Waals surface area contributed by atoms with Crippen LogP contribution >= 0.6 is 0 Å². The van der Waals surface area contributed by atoms with Gasteiger partial charge in [-0.05, 0) is 25.1 Å². The maximum Gasteiger partial charge on any atom is 0.0609 e. The fraction of sp³-hybridized carbons (Fsp3) is 0.429. The van der Waals surface area contributed by atoms with Crippen LogP contribution in [-0.2, 0) is 6.42 Å². The summed E-state index contributed by atoms with van der Waals surface area (Å²) in [6, 6.07) is 8.05. The second-order valence-electron chi connectivity index (χ2n) is 4.61. The van der Waals surface area contributed by atoms with E-state index in [0.29, 0.717) is 0 Å². The maximum atomic E-state index is 9.12. The molecule has 0 aliphatic heterocycles. The lowest BCUT2D eigenvalue weighted by atomic mass is 10.1. The number of hydrogen-bond acceptors (Lipinski definition) is 3. The van der Waals surface area contributed by atoms with Crippen LogP contribution in [0.4, 0.5) is 0 Å². The summed E-state index contributed by atoms with van der Waals surface area (Å²) in [5.41, 5.74) is 2.42. The molecule has 2 rings (SSSR count). The van der Waals surface area contributed by atoms with Gasteiger partial charge >= 0.3 is 0 Å². The quantitative estimate of drug-likeness (QED) is 0.714. The number of fused-ring (bicyclic) bond motifs is 1. The summed E-state index contributed by atoms with van der Waals surface area (Å²) in [7, 11) is 1.92. The van der Waals surface area contributed by atoms with Crippen molar-refractivity contribution in [2.75, 3.05) is 26.8 Å². The number of H-pyrrole nitrogens is 1. The van der Waals surface area contributed by atoms with Crippen LogP contribution in [0, 0.1) is 0 Å². The molecule has 4 heteroatoms. The molecule has 0 unspecified atom stereocenters. The molecule has 0 bridgehead atoms. The molecule has 0 spiro atoms. The molecule has 0 atom stereocenters. The van der Waals surface area contributed by atoms with E-state index in [1.807, 2.05) is 30.3 Å². The molecule has 0 aliphatic rings. The molecular weight excluding hydrogens is 228 g/mol. The van der Waals surface area contributed by atoms with Crippen molar-refractivity contribution in [1.29, 1.82) is 0 Å². The molecule has 0 fully saturated rings. The lowest BCUT2D eigenvalue weighted by Crippen LogP contribution is -2.38. The van der Waals surface area contributed by atoms with Gasteiger partial charge in [0.2, 0.25) is 0 Å². The van der Waals surface area contributed by atoms with Crippen LogP contribution in [0.25, 0.3) is 10.9 Å². The van der Waals surface area contributed by atoms with E-state index in [2.05, 4.69) is 17.1 Å². The summed E-state index contributed by atoms with van der Waals surface area (Å²) in [6.07, 6.45) is 2.93.